The van der Waals surface area contributed by atoms with E-state index in [0.717, 1.165) is 17.7 Å². The number of rotatable bonds is 5. The van der Waals surface area contributed by atoms with Crippen LogP contribution in [0.3, 0.4) is 0 Å². The lowest BCUT2D eigenvalue weighted by Gasteiger charge is -2.06. The van der Waals surface area contributed by atoms with E-state index in [2.05, 4.69) is 15.7 Å². The number of carbonyl (C=O) groups excluding carboxylic acids is 2. The first kappa shape index (κ1) is 16.3. The minimum atomic E-state index is -1.06. The van der Waals surface area contributed by atoms with Gasteiger partial charge in [0, 0.05) is 36.6 Å². The van der Waals surface area contributed by atoms with Gasteiger partial charge in [-0.1, -0.05) is 0 Å². The van der Waals surface area contributed by atoms with Crippen molar-refractivity contribution in [2.24, 2.45) is 7.05 Å². The number of aryl methyl sites for hydroxylation is 1. The average Bonchev–Trinajstić information content (AvgIpc) is 2.92. The summed E-state index contributed by atoms with van der Waals surface area (Å²) < 4.78 is 27.3. The van der Waals surface area contributed by atoms with Gasteiger partial charge in [0.05, 0.1) is 12.7 Å². The minimum Gasteiger partial charge on any atom is -0.343 e. The third kappa shape index (κ3) is 5.03. The van der Waals surface area contributed by atoms with Crippen molar-refractivity contribution in [2.45, 2.75) is 0 Å². The Hall–Kier alpha value is -3.03. The third-order valence-electron chi connectivity index (χ3n) is 2.78. The molecule has 0 bridgehead atoms. The molecular formula is C15H14F2N4O2. The molecule has 2 amide bonds. The van der Waals surface area contributed by atoms with Crippen molar-refractivity contribution in [1.29, 1.82) is 0 Å². The lowest BCUT2D eigenvalue weighted by molar-refractivity contribution is -0.121. The highest BCUT2D eigenvalue weighted by atomic mass is 19.2. The zero-order valence-electron chi connectivity index (χ0n) is 12.2. The largest absolute Gasteiger partial charge is 0.343 e. The molecule has 0 atom stereocenters. The van der Waals surface area contributed by atoms with E-state index in [-0.39, 0.29) is 12.2 Å². The van der Waals surface area contributed by atoms with E-state index in [1.54, 1.807) is 30.2 Å². The Labute approximate surface area is 130 Å². The highest BCUT2D eigenvalue weighted by Gasteiger charge is 2.07. The quantitative estimate of drug-likeness (QED) is 0.819. The number of nitrogens with one attached hydrogen (secondary N) is 2. The Kier molecular flexibility index (Phi) is 5.19. The summed E-state index contributed by atoms with van der Waals surface area (Å²) in [7, 11) is 1.75. The number of hydrogen-bond acceptors (Lipinski definition) is 3. The molecule has 2 N–H and O–H groups in total. The summed E-state index contributed by atoms with van der Waals surface area (Å²) >= 11 is 0. The van der Waals surface area contributed by atoms with Crippen LogP contribution >= 0.6 is 0 Å². The molecule has 2 aromatic rings. The number of benzene rings is 1. The predicted molar refractivity (Wildman–Crippen MR) is 80.2 cm³/mol. The molecule has 8 heteroatoms. The molecular weight excluding hydrogens is 306 g/mol. The summed E-state index contributed by atoms with van der Waals surface area (Å²) in [4.78, 5) is 23.2. The van der Waals surface area contributed by atoms with Crippen LogP contribution in [0.1, 0.15) is 5.56 Å². The van der Waals surface area contributed by atoms with Gasteiger partial charge >= 0.3 is 0 Å². The fraction of sp³-hybridized carbons (Fsp3) is 0.133. The minimum absolute atomic E-state index is 0.106. The molecule has 0 saturated heterocycles. The van der Waals surface area contributed by atoms with E-state index in [1.165, 1.54) is 12.1 Å². The molecule has 6 nitrogen and oxygen atoms in total. The summed E-state index contributed by atoms with van der Waals surface area (Å²) in [5, 5.41) is 8.66. The second-order valence-electron chi connectivity index (χ2n) is 4.68. The predicted octanol–water partition coefficient (Wildman–Crippen LogP) is 1.47. The van der Waals surface area contributed by atoms with Gasteiger partial charge in [0.1, 0.15) is 0 Å². The molecule has 23 heavy (non-hydrogen) atoms. The highest BCUT2D eigenvalue weighted by Crippen LogP contribution is 2.12. The molecule has 1 aromatic heterocycles. The van der Waals surface area contributed by atoms with Gasteiger partial charge in [-0.25, -0.2) is 8.78 Å². The molecule has 0 saturated carbocycles. The van der Waals surface area contributed by atoms with Gasteiger partial charge in [-0.05, 0) is 18.2 Å². The maximum absolute atomic E-state index is 13.0. The fourth-order valence-electron chi connectivity index (χ4n) is 1.70. The number of aromatic nitrogens is 2. The van der Waals surface area contributed by atoms with Crippen LogP contribution < -0.4 is 10.6 Å². The molecule has 1 heterocycles. The molecule has 0 aliphatic rings. The van der Waals surface area contributed by atoms with Crippen LogP contribution in [0.25, 0.3) is 6.08 Å². The Morgan fingerprint density at radius 2 is 2.09 bits per heavy atom. The van der Waals surface area contributed by atoms with E-state index < -0.39 is 23.4 Å². The average molecular weight is 320 g/mol. The molecule has 0 spiro atoms. The number of halogens is 2. The monoisotopic (exact) mass is 320 g/mol. The lowest BCUT2D eigenvalue weighted by Crippen LogP contribution is -2.31. The fourth-order valence-corrected chi connectivity index (χ4v) is 1.70. The van der Waals surface area contributed by atoms with Crippen molar-refractivity contribution in [1.82, 2.24) is 15.1 Å². The molecule has 0 aliphatic heterocycles. The summed E-state index contributed by atoms with van der Waals surface area (Å²) in [6.45, 7) is -0.296. The van der Waals surface area contributed by atoms with Crippen LogP contribution in [-0.4, -0.2) is 28.1 Å². The Morgan fingerprint density at radius 1 is 1.30 bits per heavy atom. The van der Waals surface area contributed by atoms with Gasteiger partial charge in [-0.2, -0.15) is 5.10 Å². The molecule has 0 aliphatic carbocycles. The second kappa shape index (κ2) is 7.30. The van der Waals surface area contributed by atoms with E-state index in [9.17, 15) is 18.4 Å². The molecule has 1 aromatic carbocycles. The number of nitrogens with zero attached hydrogens (tertiary/aromatic N) is 2. The van der Waals surface area contributed by atoms with Gasteiger partial charge in [-0.15, -0.1) is 0 Å². The first-order chi connectivity index (χ1) is 10.9. The van der Waals surface area contributed by atoms with Crippen molar-refractivity contribution < 1.29 is 18.4 Å². The van der Waals surface area contributed by atoms with Gasteiger partial charge in [0.25, 0.3) is 0 Å². The van der Waals surface area contributed by atoms with Crippen LogP contribution in [0.5, 0.6) is 0 Å². The Balaban J connectivity index is 1.80. The third-order valence-corrected chi connectivity index (χ3v) is 2.78. The van der Waals surface area contributed by atoms with Crippen LogP contribution in [0.15, 0.2) is 36.7 Å². The van der Waals surface area contributed by atoms with E-state index >= 15 is 0 Å². The molecule has 120 valence electrons. The van der Waals surface area contributed by atoms with Crippen LogP contribution in [0.2, 0.25) is 0 Å². The number of anilines is 1. The van der Waals surface area contributed by atoms with Gasteiger partial charge in [0.2, 0.25) is 11.8 Å². The van der Waals surface area contributed by atoms with E-state index in [4.69, 9.17) is 0 Å². The zero-order chi connectivity index (χ0) is 16.8. The highest BCUT2D eigenvalue weighted by molar-refractivity contribution is 5.97. The molecule has 0 unspecified atom stereocenters. The van der Waals surface area contributed by atoms with Crippen LogP contribution in [-0.2, 0) is 16.6 Å². The number of hydrogen-bond donors (Lipinski definition) is 2. The summed E-state index contributed by atoms with van der Waals surface area (Å²) in [5.41, 5.74) is 0.850. The van der Waals surface area contributed by atoms with Crippen LogP contribution in [0, 0.1) is 11.6 Å². The lowest BCUT2D eigenvalue weighted by atomic mass is 10.3. The van der Waals surface area contributed by atoms with Crippen molar-refractivity contribution in [3.63, 3.8) is 0 Å². The second-order valence-corrected chi connectivity index (χ2v) is 4.68. The first-order valence-electron chi connectivity index (χ1n) is 6.63. The topological polar surface area (TPSA) is 76.0 Å². The summed E-state index contributed by atoms with van der Waals surface area (Å²) in [6, 6.07) is 2.98. The maximum Gasteiger partial charge on any atom is 0.244 e. The van der Waals surface area contributed by atoms with Crippen molar-refractivity contribution in [3.8, 4) is 0 Å². The first-order valence-corrected chi connectivity index (χ1v) is 6.63. The van der Waals surface area contributed by atoms with E-state index in [0.29, 0.717) is 0 Å². The maximum atomic E-state index is 13.0. The standard InChI is InChI=1S/C15H14F2N4O2/c1-21-9-10(7-19-21)2-5-14(22)18-8-15(23)20-11-3-4-12(16)13(17)6-11/h2-7,9H,8H2,1H3,(H,18,22)(H,20,23)/b5-2+. The normalized spacial score (nSPS) is 10.7. The van der Waals surface area contributed by atoms with Crippen molar-refractivity contribution >= 4 is 23.6 Å². The smallest absolute Gasteiger partial charge is 0.244 e. The van der Waals surface area contributed by atoms with Crippen molar-refractivity contribution in [3.05, 3.63) is 53.9 Å². The van der Waals surface area contributed by atoms with Gasteiger partial charge in [0.15, 0.2) is 11.6 Å². The van der Waals surface area contributed by atoms with Gasteiger partial charge < -0.3 is 10.6 Å². The summed E-state index contributed by atoms with van der Waals surface area (Å²) in [5.74, 6) is -3.09. The SMILES string of the molecule is Cn1cc(/C=C/C(=O)NCC(=O)Nc2ccc(F)c(F)c2)cn1. The Morgan fingerprint density at radius 3 is 2.74 bits per heavy atom. The van der Waals surface area contributed by atoms with Crippen LogP contribution in [0.4, 0.5) is 14.5 Å². The van der Waals surface area contributed by atoms with E-state index in [1.807, 2.05) is 0 Å². The van der Waals surface area contributed by atoms with Gasteiger partial charge in [-0.3, -0.25) is 14.3 Å². The Bertz CT molecular complexity index is 756. The molecule has 0 radical (unpaired) electrons. The number of carbonyl (C=O) groups is 2. The molecule has 2 rings (SSSR count). The zero-order valence-corrected chi connectivity index (χ0v) is 12.2. The van der Waals surface area contributed by atoms with Crippen molar-refractivity contribution in [2.75, 3.05) is 11.9 Å². The number of amides is 2. The summed E-state index contributed by atoms with van der Waals surface area (Å²) in [6.07, 6.45) is 6.12. The molecule has 0 fully saturated rings.